The number of nitrogens with zero attached hydrogens (tertiary/aromatic N) is 2. The Kier molecular flexibility index (Phi) is 6.98. The minimum Gasteiger partial charge on any atom is -0.465 e. The van der Waals surface area contributed by atoms with Gasteiger partial charge < -0.3 is 14.2 Å². The van der Waals surface area contributed by atoms with Gasteiger partial charge in [0.15, 0.2) is 11.9 Å². The average molecular weight is 592 g/mol. The highest BCUT2D eigenvalue weighted by Gasteiger charge is 2.69. The van der Waals surface area contributed by atoms with Crippen LogP contribution in [0.5, 0.6) is 5.75 Å². The highest BCUT2D eigenvalue weighted by atomic mass is 35.5. The fraction of sp³-hybridized carbons (Fsp3) is 0.515. The molecule has 8 atom stereocenters. The molecule has 5 aliphatic rings. The molecule has 1 spiro atoms. The Hall–Kier alpha value is -2.75. The minimum atomic E-state index is -0.801. The number of aryl methyl sites for hydroxylation is 2. The van der Waals surface area contributed by atoms with E-state index in [1.807, 2.05) is 63.2 Å². The average Bonchev–Trinajstić information content (AvgIpc) is 3.20. The van der Waals surface area contributed by atoms with Gasteiger partial charge in [-0.05, 0) is 105 Å². The summed E-state index contributed by atoms with van der Waals surface area (Å²) >= 11 is 6.32. The van der Waals surface area contributed by atoms with E-state index in [2.05, 4.69) is 29.4 Å². The van der Waals surface area contributed by atoms with Crippen LogP contribution in [0.25, 0.3) is 10.9 Å². The molecule has 4 aliphatic heterocycles. The molecular formula is C33H38ClN3O5. The molecule has 3 aromatic rings. The summed E-state index contributed by atoms with van der Waals surface area (Å²) in [6, 6.07) is 13.7. The Labute approximate surface area is 251 Å². The molecule has 0 unspecified atom stereocenters. The van der Waals surface area contributed by atoms with Gasteiger partial charge in [0, 0.05) is 34.4 Å². The quantitative estimate of drug-likeness (QED) is 0.186. The second kappa shape index (κ2) is 10.5. The topological polar surface area (TPSA) is 83.4 Å². The van der Waals surface area contributed by atoms with Gasteiger partial charge in [-0.15, -0.1) is 0 Å². The van der Waals surface area contributed by atoms with Crippen molar-refractivity contribution in [2.75, 3.05) is 5.43 Å². The Morgan fingerprint density at radius 2 is 1.86 bits per heavy atom. The third-order valence-corrected chi connectivity index (χ3v) is 10.3. The van der Waals surface area contributed by atoms with Gasteiger partial charge >= 0.3 is 0 Å². The summed E-state index contributed by atoms with van der Waals surface area (Å²) in [5.74, 6) is 1.11. The van der Waals surface area contributed by atoms with E-state index in [1.165, 1.54) is 0 Å². The minimum absolute atomic E-state index is 0.105. The summed E-state index contributed by atoms with van der Waals surface area (Å²) in [5, 5.41) is 6.17. The first-order chi connectivity index (χ1) is 20.2. The molecule has 4 saturated heterocycles. The molecule has 1 N–H and O–H groups in total. The molecule has 222 valence electrons. The Balaban J connectivity index is 1.06. The number of anilines is 1. The van der Waals surface area contributed by atoms with Crippen LogP contribution in [0.2, 0.25) is 5.02 Å². The highest BCUT2D eigenvalue weighted by Crippen LogP contribution is 2.60. The zero-order chi connectivity index (χ0) is 29.2. The lowest BCUT2D eigenvalue weighted by atomic mass is 9.58. The molecule has 2 bridgehead atoms. The lowest BCUT2D eigenvalue weighted by molar-refractivity contribution is -0.575. The van der Waals surface area contributed by atoms with Gasteiger partial charge in [-0.25, -0.2) is 9.78 Å². The SMILES string of the molecule is Cc1cc(N/N=C/c2ccc(O[C@H]3O[C@@H]4O[C@@]5(C)CC[C@H]6[C@H](C)CC[C@@H]([C@H]3C)[C@@]46OO5)cc2)c2ccc(Cl)c(C)c2n1. The van der Waals surface area contributed by atoms with Crippen molar-refractivity contribution in [2.24, 2.45) is 28.8 Å². The number of rotatable bonds is 5. The molecule has 0 amide bonds. The molecule has 1 aliphatic carbocycles. The maximum atomic E-state index is 6.57. The lowest BCUT2D eigenvalue weighted by Gasteiger charge is -2.60. The molecule has 1 aromatic heterocycles. The van der Waals surface area contributed by atoms with Gasteiger partial charge in [0.25, 0.3) is 0 Å². The van der Waals surface area contributed by atoms with E-state index in [-0.39, 0.29) is 11.8 Å². The Morgan fingerprint density at radius 3 is 2.67 bits per heavy atom. The summed E-state index contributed by atoms with van der Waals surface area (Å²) in [7, 11) is 0. The van der Waals surface area contributed by atoms with Crippen LogP contribution in [0.1, 0.15) is 63.3 Å². The van der Waals surface area contributed by atoms with Gasteiger partial charge in [0.05, 0.1) is 17.4 Å². The third kappa shape index (κ3) is 4.59. The van der Waals surface area contributed by atoms with Crippen molar-refractivity contribution in [1.82, 2.24) is 4.98 Å². The van der Waals surface area contributed by atoms with Crippen LogP contribution in [-0.2, 0) is 19.2 Å². The van der Waals surface area contributed by atoms with Crippen LogP contribution in [0, 0.1) is 37.5 Å². The normalized spacial score (nSPS) is 35.7. The van der Waals surface area contributed by atoms with Crippen molar-refractivity contribution in [3.8, 4) is 5.75 Å². The number of ether oxygens (including phenoxy) is 3. The largest absolute Gasteiger partial charge is 0.465 e. The molecule has 0 radical (unpaired) electrons. The molecule has 42 heavy (non-hydrogen) atoms. The summed E-state index contributed by atoms with van der Waals surface area (Å²) in [6.07, 6.45) is 4.80. The molecular weight excluding hydrogens is 554 g/mol. The number of benzene rings is 2. The Morgan fingerprint density at radius 1 is 1.05 bits per heavy atom. The predicted molar refractivity (Wildman–Crippen MR) is 161 cm³/mol. The van der Waals surface area contributed by atoms with Gasteiger partial charge in [-0.2, -0.15) is 5.10 Å². The van der Waals surface area contributed by atoms with E-state index in [4.69, 9.17) is 35.6 Å². The number of halogens is 1. The second-order valence-electron chi connectivity index (χ2n) is 12.7. The van der Waals surface area contributed by atoms with Crippen LogP contribution in [0.3, 0.4) is 0 Å². The van der Waals surface area contributed by atoms with Crippen LogP contribution < -0.4 is 10.2 Å². The van der Waals surface area contributed by atoms with E-state index < -0.39 is 24.0 Å². The molecule has 8 rings (SSSR count). The van der Waals surface area contributed by atoms with E-state index in [0.717, 1.165) is 64.8 Å². The lowest BCUT2D eigenvalue weighted by Crippen LogP contribution is -2.70. The van der Waals surface area contributed by atoms with Crippen LogP contribution in [-0.4, -0.2) is 35.2 Å². The number of hydrazone groups is 1. The number of pyridine rings is 1. The van der Waals surface area contributed by atoms with Crippen molar-refractivity contribution < 1.29 is 24.0 Å². The predicted octanol–water partition coefficient (Wildman–Crippen LogP) is 7.54. The molecule has 8 nitrogen and oxygen atoms in total. The van der Waals surface area contributed by atoms with Crippen LogP contribution in [0.4, 0.5) is 5.69 Å². The third-order valence-electron chi connectivity index (χ3n) is 9.92. The molecule has 2 aromatic carbocycles. The standard InChI is InChI=1S/C33H38ClN3O5/c1-18-6-12-26-20(3)30(39-31-33(26)25(18)14-15-32(5,40-31)41-42-33)38-23-9-7-22(8-10-23)17-35-37-28-16-19(2)36-29-21(4)27(34)13-11-24(28)29/h7-11,13,16-18,20,25-26,30-31H,6,12,14-15H2,1-5H3,(H,36,37)/b35-17+/t18-,20-,25+,26+,30+,31-,32-,33-/m1/s1. The molecule has 1 saturated carbocycles. The molecule has 5 heterocycles. The maximum absolute atomic E-state index is 6.57. The second-order valence-corrected chi connectivity index (χ2v) is 13.1. The number of fused-ring (bicyclic) bond motifs is 3. The smallest absolute Gasteiger partial charge is 0.205 e. The Bertz CT molecular complexity index is 1530. The summed E-state index contributed by atoms with van der Waals surface area (Å²) in [4.78, 5) is 16.8. The van der Waals surface area contributed by atoms with Crippen LogP contribution >= 0.6 is 11.6 Å². The highest BCUT2D eigenvalue weighted by molar-refractivity contribution is 6.32. The van der Waals surface area contributed by atoms with E-state index >= 15 is 0 Å². The summed E-state index contributed by atoms with van der Waals surface area (Å²) < 4.78 is 19.5. The monoisotopic (exact) mass is 591 g/mol. The van der Waals surface area contributed by atoms with Crippen molar-refractivity contribution in [2.45, 2.75) is 84.3 Å². The molecule has 5 fully saturated rings. The van der Waals surface area contributed by atoms with Gasteiger partial charge in [0.2, 0.25) is 12.1 Å². The van der Waals surface area contributed by atoms with Gasteiger partial charge in [-0.3, -0.25) is 10.4 Å². The fourth-order valence-corrected chi connectivity index (χ4v) is 7.73. The van der Waals surface area contributed by atoms with E-state index in [1.54, 1.807) is 6.21 Å². The van der Waals surface area contributed by atoms with Crippen molar-refractivity contribution in [3.05, 3.63) is 64.3 Å². The maximum Gasteiger partial charge on any atom is 0.205 e. The summed E-state index contributed by atoms with van der Waals surface area (Å²) in [6.45, 7) is 10.4. The zero-order valence-corrected chi connectivity index (χ0v) is 25.5. The van der Waals surface area contributed by atoms with Crippen LogP contribution in [0.15, 0.2) is 47.6 Å². The van der Waals surface area contributed by atoms with Crippen molar-refractivity contribution >= 4 is 34.4 Å². The first-order valence-electron chi connectivity index (χ1n) is 15.0. The van der Waals surface area contributed by atoms with E-state index in [0.29, 0.717) is 16.9 Å². The number of hydrogen-bond acceptors (Lipinski definition) is 8. The van der Waals surface area contributed by atoms with Gasteiger partial charge in [-0.1, -0.05) is 25.4 Å². The fourth-order valence-electron chi connectivity index (χ4n) is 7.57. The van der Waals surface area contributed by atoms with Gasteiger partial charge in [0.1, 0.15) is 5.75 Å². The van der Waals surface area contributed by atoms with Crippen molar-refractivity contribution in [1.29, 1.82) is 0 Å². The number of nitrogens with one attached hydrogen (secondary N) is 1. The first-order valence-corrected chi connectivity index (χ1v) is 15.4. The van der Waals surface area contributed by atoms with Crippen molar-refractivity contribution in [3.63, 3.8) is 0 Å². The number of aromatic nitrogens is 1. The zero-order valence-electron chi connectivity index (χ0n) is 24.7. The van der Waals surface area contributed by atoms with E-state index in [9.17, 15) is 0 Å². The summed E-state index contributed by atoms with van der Waals surface area (Å²) in [5.41, 5.74) is 7.13. The molecule has 9 heteroatoms. The first kappa shape index (κ1) is 28.0. The number of hydrogen-bond donors (Lipinski definition) is 1.